The van der Waals surface area contributed by atoms with Gasteiger partial charge < -0.3 is 10.1 Å². The zero-order chi connectivity index (χ0) is 16.2. The molecule has 2 aromatic rings. The minimum absolute atomic E-state index is 0.00355. The molecule has 0 bridgehead atoms. The lowest BCUT2D eigenvalue weighted by molar-refractivity contribution is -0.120. The number of methoxy groups -OCH3 is 1. The van der Waals surface area contributed by atoms with E-state index >= 15 is 0 Å². The predicted octanol–water partition coefficient (Wildman–Crippen LogP) is 4.25. The Morgan fingerprint density at radius 2 is 2.30 bits per heavy atom. The van der Waals surface area contributed by atoms with Gasteiger partial charge in [0.05, 0.1) is 12.8 Å². The van der Waals surface area contributed by atoms with Crippen molar-refractivity contribution < 1.29 is 13.9 Å². The van der Waals surface area contributed by atoms with Gasteiger partial charge >= 0.3 is 0 Å². The zero-order valence-electron chi connectivity index (χ0n) is 12.7. The Hall–Kier alpha value is -2.21. The molecule has 0 saturated heterocycles. The molecule has 4 nitrogen and oxygen atoms in total. The van der Waals surface area contributed by atoms with Crippen LogP contribution < -0.4 is 10.1 Å². The number of amides is 1. The van der Waals surface area contributed by atoms with Gasteiger partial charge in [-0.15, -0.1) is 11.3 Å². The average molecular weight is 332 g/mol. The van der Waals surface area contributed by atoms with Gasteiger partial charge in [-0.25, -0.2) is 9.37 Å². The van der Waals surface area contributed by atoms with Gasteiger partial charge in [0, 0.05) is 16.9 Å². The van der Waals surface area contributed by atoms with E-state index in [9.17, 15) is 9.18 Å². The summed E-state index contributed by atoms with van der Waals surface area (Å²) < 4.78 is 18.7. The summed E-state index contributed by atoms with van der Waals surface area (Å²) in [7, 11) is 1.43. The fraction of sp³-hybridized carbons (Fsp3) is 0.294. The van der Waals surface area contributed by atoms with E-state index < -0.39 is 5.82 Å². The molecule has 6 heteroatoms. The van der Waals surface area contributed by atoms with Gasteiger partial charge in [0.1, 0.15) is 0 Å². The normalized spacial score (nSPS) is 17.0. The van der Waals surface area contributed by atoms with Crippen LogP contribution in [0.5, 0.6) is 5.75 Å². The fourth-order valence-corrected chi connectivity index (χ4v) is 3.25. The van der Waals surface area contributed by atoms with Crippen LogP contribution >= 0.6 is 11.3 Å². The first-order chi connectivity index (χ1) is 11.2. The van der Waals surface area contributed by atoms with Crippen molar-refractivity contribution in [1.29, 1.82) is 0 Å². The SMILES string of the molecule is COc1ccc(-c2csc(NC(=O)[C@@H]3CC=CCC3)n2)cc1F. The summed E-state index contributed by atoms with van der Waals surface area (Å²) >= 11 is 1.34. The maximum Gasteiger partial charge on any atom is 0.229 e. The number of allylic oxidation sites excluding steroid dienone is 2. The van der Waals surface area contributed by atoms with Crippen molar-refractivity contribution in [3.05, 3.63) is 41.5 Å². The smallest absolute Gasteiger partial charge is 0.229 e. The van der Waals surface area contributed by atoms with Gasteiger partial charge in [-0.2, -0.15) is 0 Å². The standard InChI is InChI=1S/C17H17FN2O2S/c1-22-15-8-7-12(9-13(15)18)14-10-23-17(19-14)20-16(21)11-5-3-2-4-6-11/h2-3,7-11H,4-6H2,1H3,(H,19,20,21)/t11-/m1/s1. The van der Waals surface area contributed by atoms with Crippen LogP contribution in [-0.2, 0) is 4.79 Å². The molecule has 1 aliphatic carbocycles. The summed E-state index contributed by atoms with van der Waals surface area (Å²) in [5.41, 5.74) is 1.29. The van der Waals surface area contributed by atoms with Gasteiger partial charge in [-0.05, 0) is 37.5 Å². The number of benzene rings is 1. The third-order valence-corrected chi connectivity index (χ3v) is 4.58. The molecular formula is C17H17FN2O2S. The van der Waals surface area contributed by atoms with Crippen molar-refractivity contribution in [3.63, 3.8) is 0 Å². The molecule has 3 rings (SSSR count). The molecular weight excluding hydrogens is 315 g/mol. The highest BCUT2D eigenvalue weighted by molar-refractivity contribution is 7.14. The Kier molecular flexibility index (Phi) is 4.71. The van der Waals surface area contributed by atoms with E-state index in [-0.39, 0.29) is 17.6 Å². The van der Waals surface area contributed by atoms with Gasteiger partial charge in [-0.3, -0.25) is 4.79 Å². The van der Waals surface area contributed by atoms with Gasteiger partial charge in [0.2, 0.25) is 5.91 Å². The lowest BCUT2D eigenvalue weighted by Crippen LogP contribution is -2.23. The molecule has 0 radical (unpaired) electrons. The molecule has 1 amide bonds. The quantitative estimate of drug-likeness (QED) is 0.852. The summed E-state index contributed by atoms with van der Waals surface area (Å²) in [5, 5.41) is 5.20. The van der Waals surface area contributed by atoms with Crippen molar-refractivity contribution in [1.82, 2.24) is 4.98 Å². The number of hydrogen-bond donors (Lipinski definition) is 1. The Bertz CT molecular complexity index is 742. The first-order valence-corrected chi connectivity index (χ1v) is 8.30. The van der Waals surface area contributed by atoms with E-state index in [4.69, 9.17) is 4.74 Å². The van der Waals surface area contributed by atoms with Crippen molar-refractivity contribution in [2.24, 2.45) is 5.92 Å². The van der Waals surface area contributed by atoms with E-state index in [0.29, 0.717) is 16.4 Å². The minimum Gasteiger partial charge on any atom is -0.494 e. The number of thiazole rings is 1. The lowest BCUT2D eigenvalue weighted by atomic mass is 9.94. The van der Waals surface area contributed by atoms with E-state index in [0.717, 1.165) is 19.3 Å². The van der Waals surface area contributed by atoms with Gasteiger partial charge in [0.15, 0.2) is 16.7 Å². The molecule has 1 N–H and O–H groups in total. The molecule has 1 aromatic carbocycles. The number of nitrogens with zero attached hydrogens (tertiary/aromatic N) is 1. The Morgan fingerprint density at radius 1 is 1.43 bits per heavy atom. The largest absolute Gasteiger partial charge is 0.494 e. The predicted molar refractivity (Wildman–Crippen MR) is 89.2 cm³/mol. The second-order valence-electron chi connectivity index (χ2n) is 5.36. The van der Waals surface area contributed by atoms with Crippen molar-refractivity contribution in [3.8, 4) is 17.0 Å². The number of nitrogens with one attached hydrogen (secondary N) is 1. The molecule has 0 aliphatic heterocycles. The first-order valence-electron chi connectivity index (χ1n) is 7.42. The lowest BCUT2D eigenvalue weighted by Gasteiger charge is -2.15. The van der Waals surface area contributed by atoms with Crippen LogP contribution in [-0.4, -0.2) is 18.0 Å². The minimum atomic E-state index is -0.433. The monoisotopic (exact) mass is 332 g/mol. The van der Waals surface area contributed by atoms with Crippen LogP contribution in [0.4, 0.5) is 9.52 Å². The third kappa shape index (κ3) is 3.59. The molecule has 1 heterocycles. The highest BCUT2D eigenvalue weighted by atomic mass is 32.1. The molecule has 120 valence electrons. The van der Waals surface area contributed by atoms with E-state index in [1.165, 1.54) is 24.5 Å². The molecule has 1 aliphatic rings. The Balaban J connectivity index is 1.71. The van der Waals surface area contributed by atoms with Gasteiger partial charge in [-0.1, -0.05) is 12.2 Å². The Labute approximate surface area is 138 Å². The van der Waals surface area contributed by atoms with Crippen LogP contribution in [0.15, 0.2) is 35.7 Å². The number of anilines is 1. The number of carbonyl (C=O) groups excluding carboxylic acids is 1. The van der Waals surface area contributed by atoms with E-state index in [1.54, 1.807) is 17.5 Å². The number of halogens is 1. The fourth-order valence-electron chi connectivity index (χ4n) is 2.53. The maximum atomic E-state index is 13.8. The van der Waals surface area contributed by atoms with Crippen LogP contribution in [0.25, 0.3) is 11.3 Å². The molecule has 0 saturated carbocycles. The number of hydrogen-bond acceptors (Lipinski definition) is 4. The zero-order valence-corrected chi connectivity index (χ0v) is 13.5. The number of aromatic nitrogens is 1. The first kappa shape index (κ1) is 15.7. The van der Waals surface area contributed by atoms with Crippen LogP contribution in [0.3, 0.4) is 0 Å². The molecule has 1 aromatic heterocycles. The second kappa shape index (κ2) is 6.91. The van der Waals surface area contributed by atoms with Crippen molar-refractivity contribution >= 4 is 22.4 Å². The molecule has 0 fully saturated rings. The molecule has 0 unspecified atom stereocenters. The van der Waals surface area contributed by atoms with E-state index in [2.05, 4.69) is 16.4 Å². The van der Waals surface area contributed by atoms with Crippen LogP contribution in [0.2, 0.25) is 0 Å². The second-order valence-corrected chi connectivity index (χ2v) is 6.22. The third-order valence-electron chi connectivity index (χ3n) is 3.82. The summed E-state index contributed by atoms with van der Waals surface area (Å²) in [6.07, 6.45) is 6.72. The Morgan fingerprint density at radius 3 is 3.00 bits per heavy atom. The molecule has 0 spiro atoms. The van der Waals surface area contributed by atoms with Crippen LogP contribution in [0, 0.1) is 11.7 Å². The summed E-state index contributed by atoms with van der Waals surface area (Å²) in [4.78, 5) is 16.6. The van der Waals surface area contributed by atoms with Crippen molar-refractivity contribution in [2.45, 2.75) is 19.3 Å². The summed E-state index contributed by atoms with van der Waals surface area (Å²) in [5.74, 6) is -0.234. The highest BCUT2D eigenvalue weighted by Gasteiger charge is 2.20. The average Bonchev–Trinajstić information content (AvgIpc) is 3.04. The highest BCUT2D eigenvalue weighted by Crippen LogP contribution is 2.29. The molecule has 23 heavy (non-hydrogen) atoms. The topological polar surface area (TPSA) is 51.2 Å². The maximum absolute atomic E-state index is 13.8. The summed E-state index contributed by atoms with van der Waals surface area (Å²) in [6, 6.07) is 4.69. The number of ether oxygens (including phenoxy) is 1. The van der Waals surface area contributed by atoms with Crippen LogP contribution in [0.1, 0.15) is 19.3 Å². The molecule has 1 atom stereocenters. The van der Waals surface area contributed by atoms with Gasteiger partial charge in [0.25, 0.3) is 0 Å². The summed E-state index contributed by atoms with van der Waals surface area (Å²) in [6.45, 7) is 0. The number of carbonyl (C=O) groups is 1. The van der Waals surface area contributed by atoms with Crippen molar-refractivity contribution in [2.75, 3.05) is 12.4 Å². The number of rotatable bonds is 4. The van der Waals surface area contributed by atoms with E-state index in [1.807, 2.05) is 6.08 Å².